The van der Waals surface area contributed by atoms with E-state index in [2.05, 4.69) is 10.3 Å². The predicted octanol–water partition coefficient (Wildman–Crippen LogP) is 2.02. The van der Waals surface area contributed by atoms with Gasteiger partial charge in [-0.2, -0.15) is 0 Å². The molecule has 2 heterocycles. The van der Waals surface area contributed by atoms with Gasteiger partial charge in [0.15, 0.2) is 0 Å². The maximum absolute atomic E-state index is 12.0. The van der Waals surface area contributed by atoms with Crippen LogP contribution in [-0.2, 0) is 11.3 Å². The molecule has 0 radical (unpaired) electrons. The minimum atomic E-state index is -0.476. The van der Waals surface area contributed by atoms with Gasteiger partial charge in [-0.15, -0.1) is 0 Å². The highest BCUT2D eigenvalue weighted by molar-refractivity contribution is 5.87. The Morgan fingerprint density at radius 1 is 1.55 bits per heavy atom. The molecule has 1 aromatic rings. The summed E-state index contributed by atoms with van der Waals surface area (Å²) in [5.74, 6) is 0.795. The minimum absolute atomic E-state index is 0.296. The summed E-state index contributed by atoms with van der Waals surface area (Å²) in [4.78, 5) is 18.0. The van der Waals surface area contributed by atoms with Gasteiger partial charge in [0.2, 0.25) is 0 Å². The maximum Gasteiger partial charge on any atom is 0.410 e. The van der Waals surface area contributed by atoms with Crippen molar-refractivity contribution in [3.63, 3.8) is 0 Å². The number of furan rings is 1. The van der Waals surface area contributed by atoms with Crippen molar-refractivity contribution in [1.29, 1.82) is 0 Å². The Hall–Kier alpha value is -1.98. The fourth-order valence-corrected chi connectivity index (χ4v) is 1.81. The number of ether oxygens (including phenoxy) is 1. The summed E-state index contributed by atoms with van der Waals surface area (Å²) in [6, 6.07) is 1.89. The highest BCUT2D eigenvalue weighted by Crippen LogP contribution is 2.11. The van der Waals surface area contributed by atoms with Crippen LogP contribution < -0.4 is 5.32 Å². The summed E-state index contributed by atoms with van der Waals surface area (Å²) >= 11 is 0. The van der Waals surface area contributed by atoms with Gasteiger partial charge >= 0.3 is 6.09 Å². The average molecular weight is 279 g/mol. The fraction of sp³-hybridized carbons (Fsp3) is 0.571. The van der Waals surface area contributed by atoms with Crippen molar-refractivity contribution in [3.05, 3.63) is 24.2 Å². The monoisotopic (exact) mass is 279 g/mol. The van der Waals surface area contributed by atoms with Crippen molar-refractivity contribution in [1.82, 2.24) is 10.2 Å². The average Bonchev–Trinajstić information content (AvgIpc) is 2.88. The Morgan fingerprint density at radius 3 is 3.00 bits per heavy atom. The Kier molecular flexibility index (Phi) is 4.32. The van der Waals surface area contributed by atoms with Crippen LogP contribution in [0.4, 0.5) is 4.79 Å². The van der Waals surface area contributed by atoms with Gasteiger partial charge in [0, 0.05) is 18.7 Å². The van der Waals surface area contributed by atoms with Crippen LogP contribution in [0.2, 0.25) is 0 Å². The summed E-state index contributed by atoms with van der Waals surface area (Å²) in [7, 11) is 0. The molecule has 0 aliphatic carbocycles. The fourth-order valence-electron chi connectivity index (χ4n) is 1.81. The number of hydrogen-bond acceptors (Lipinski definition) is 5. The molecular weight excluding hydrogens is 258 g/mol. The van der Waals surface area contributed by atoms with Crippen molar-refractivity contribution >= 4 is 11.9 Å². The highest BCUT2D eigenvalue weighted by Gasteiger charge is 2.24. The summed E-state index contributed by atoms with van der Waals surface area (Å²) in [6.07, 6.45) is 3.02. The molecule has 110 valence electrons. The molecule has 20 heavy (non-hydrogen) atoms. The lowest BCUT2D eigenvalue weighted by atomic mass is 10.2. The Labute approximate surface area is 118 Å². The number of hydrogen-bond donors (Lipinski definition) is 1. The topological polar surface area (TPSA) is 67.1 Å². The quantitative estimate of drug-likeness (QED) is 0.899. The smallest absolute Gasteiger partial charge is 0.410 e. The van der Waals surface area contributed by atoms with Gasteiger partial charge in [0.05, 0.1) is 25.6 Å². The first-order valence-electron chi connectivity index (χ1n) is 6.70. The van der Waals surface area contributed by atoms with Crippen LogP contribution >= 0.6 is 0 Å². The molecule has 1 aromatic heterocycles. The molecule has 0 saturated heterocycles. The van der Waals surface area contributed by atoms with E-state index in [4.69, 9.17) is 9.15 Å². The number of rotatable bonds is 2. The molecule has 0 spiro atoms. The van der Waals surface area contributed by atoms with Crippen LogP contribution in [0, 0.1) is 0 Å². The number of aliphatic imine (C=N–C) groups is 1. The number of carbonyl (C=O) groups is 1. The second-order valence-corrected chi connectivity index (χ2v) is 5.72. The molecule has 0 aromatic carbocycles. The van der Waals surface area contributed by atoms with E-state index in [-0.39, 0.29) is 6.09 Å². The van der Waals surface area contributed by atoms with E-state index in [0.29, 0.717) is 26.2 Å². The number of amides is 1. The van der Waals surface area contributed by atoms with Crippen LogP contribution in [0.15, 0.2) is 28.0 Å². The van der Waals surface area contributed by atoms with Gasteiger partial charge in [0.1, 0.15) is 11.4 Å². The number of nitrogens with zero attached hydrogens (tertiary/aromatic N) is 2. The Balaban J connectivity index is 1.84. The van der Waals surface area contributed by atoms with Crippen LogP contribution in [0.5, 0.6) is 0 Å². The molecule has 6 heteroatoms. The lowest BCUT2D eigenvalue weighted by Gasteiger charge is -2.29. The summed E-state index contributed by atoms with van der Waals surface area (Å²) in [5.41, 5.74) is 0.567. The van der Waals surface area contributed by atoms with E-state index in [1.54, 1.807) is 17.4 Å². The molecule has 0 atom stereocenters. The largest absolute Gasteiger partial charge is 0.472 e. The molecule has 0 saturated carbocycles. The first-order valence-corrected chi connectivity index (χ1v) is 6.70. The van der Waals surface area contributed by atoms with Gasteiger partial charge in [-0.3, -0.25) is 9.89 Å². The molecule has 1 aliphatic rings. The Bertz CT molecular complexity index is 474. The molecule has 1 N–H and O–H groups in total. The van der Waals surface area contributed by atoms with E-state index in [9.17, 15) is 4.79 Å². The molecular formula is C14H21N3O3. The molecule has 0 fully saturated rings. The normalized spacial score (nSPS) is 15.8. The first kappa shape index (κ1) is 14.4. The van der Waals surface area contributed by atoms with Gasteiger partial charge in [0.25, 0.3) is 0 Å². The van der Waals surface area contributed by atoms with Crippen molar-refractivity contribution in [2.45, 2.75) is 32.9 Å². The van der Waals surface area contributed by atoms with Crippen molar-refractivity contribution in [2.24, 2.45) is 4.99 Å². The van der Waals surface area contributed by atoms with Crippen LogP contribution in [0.25, 0.3) is 0 Å². The van der Waals surface area contributed by atoms with Crippen molar-refractivity contribution in [3.8, 4) is 0 Å². The van der Waals surface area contributed by atoms with Gasteiger partial charge < -0.3 is 14.5 Å². The molecule has 6 nitrogen and oxygen atoms in total. The van der Waals surface area contributed by atoms with Gasteiger partial charge in [-0.25, -0.2) is 4.79 Å². The lowest BCUT2D eigenvalue weighted by molar-refractivity contribution is 0.0276. The second-order valence-electron chi connectivity index (χ2n) is 5.72. The van der Waals surface area contributed by atoms with Crippen LogP contribution in [0.1, 0.15) is 26.3 Å². The third kappa shape index (κ3) is 4.29. The predicted molar refractivity (Wildman–Crippen MR) is 75.7 cm³/mol. The number of amidine groups is 1. The van der Waals surface area contributed by atoms with Gasteiger partial charge in [-0.1, -0.05) is 0 Å². The van der Waals surface area contributed by atoms with Gasteiger partial charge in [-0.05, 0) is 26.8 Å². The van der Waals surface area contributed by atoms with Crippen LogP contribution in [-0.4, -0.2) is 42.1 Å². The zero-order valence-electron chi connectivity index (χ0n) is 12.2. The van der Waals surface area contributed by atoms with Crippen molar-refractivity contribution in [2.75, 3.05) is 19.6 Å². The minimum Gasteiger partial charge on any atom is -0.472 e. The third-order valence-electron chi connectivity index (χ3n) is 2.74. The van der Waals surface area contributed by atoms with E-state index in [1.807, 2.05) is 26.8 Å². The molecule has 1 aliphatic heterocycles. The summed E-state index contributed by atoms with van der Waals surface area (Å²) < 4.78 is 10.4. The Morgan fingerprint density at radius 2 is 2.35 bits per heavy atom. The molecule has 0 bridgehead atoms. The zero-order valence-corrected chi connectivity index (χ0v) is 12.2. The van der Waals surface area contributed by atoms with Crippen molar-refractivity contribution < 1.29 is 13.9 Å². The molecule has 1 amide bonds. The zero-order chi connectivity index (χ0) is 14.6. The molecule has 2 rings (SSSR count). The SMILES string of the molecule is CC(C)(C)OC(=O)N1CCN=C(NCc2ccoc2)C1. The third-order valence-corrected chi connectivity index (χ3v) is 2.74. The standard InChI is InChI=1S/C14H21N3O3/c1-14(2,3)20-13(18)17-6-5-15-12(9-17)16-8-11-4-7-19-10-11/h4,7,10H,5-6,8-9H2,1-3H3,(H,15,16). The highest BCUT2D eigenvalue weighted by atomic mass is 16.6. The number of nitrogens with one attached hydrogen (secondary N) is 1. The first-order chi connectivity index (χ1) is 9.44. The summed E-state index contributed by atoms with van der Waals surface area (Å²) in [5, 5.41) is 3.21. The summed E-state index contributed by atoms with van der Waals surface area (Å²) in [6.45, 7) is 7.85. The lowest BCUT2D eigenvalue weighted by Crippen LogP contribution is -2.47. The van der Waals surface area contributed by atoms with E-state index < -0.39 is 5.60 Å². The van der Waals surface area contributed by atoms with E-state index in [1.165, 1.54) is 0 Å². The molecule has 0 unspecified atom stereocenters. The van der Waals surface area contributed by atoms with E-state index in [0.717, 1.165) is 11.4 Å². The maximum atomic E-state index is 12.0. The van der Waals surface area contributed by atoms with E-state index >= 15 is 0 Å². The number of carbonyl (C=O) groups excluding carboxylic acids is 1. The van der Waals surface area contributed by atoms with Crippen LogP contribution in [0.3, 0.4) is 0 Å². The second kappa shape index (κ2) is 5.98.